The Morgan fingerprint density at radius 3 is 2.71 bits per heavy atom. The van der Waals surface area contributed by atoms with Crippen LogP contribution in [0.2, 0.25) is 5.02 Å². The molecule has 2 rings (SSSR count). The van der Waals surface area contributed by atoms with E-state index in [9.17, 15) is 22.7 Å². The molecule has 2 atom stereocenters. The molecule has 1 N–H and O–H groups in total. The van der Waals surface area contributed by atoms with Crippen LogP contribution in [0, 0.1) is 11.7 Å². The smallest absolute Gasteiger partial charge is 0.322 e. The van der Waals surface area contributed by atoms with Crippen molar-refractivity contribution in [2.75, 3.05) is 6.54 Å². The van der Waals surface area contributed by atoms with Gasteiger partial charge in [-0.05, 0) is 37.0 Å². The lowest BCUT2D eigenvalue weighted by Gasteiger charge is -2.34. The van der Waals surface area contributed by atoms with E-state index in [-0.39, 0.29) is 28.8 Å². The van der Waals surface area contributed by atoms with Crippen LogP contribution in [0.15, 0.2) is 23.1 Å². The molecule has 0 radical (unpaired) electrons. The molecule has 2 unspecified atom stereocenters. The zero-order valence-corrected chi connectivity index (χ0v) is 12.9. The van der Waals surface area contributed by atoms with Gasteiger partial charge in [-0.15, -0.1) is 0 Å². The summed E-state index contributed by atoms with van der Waals surface area (Å²) in [7, 11) is -4.02. The molecule has 1 aromatic rings. The highest BCUT2D eigenvalue weighted by molar-refractivity contribution is 7.89. The van der Waals surface area contributed by atoms with E-state index in [4.69, 9.17) is 11.6 Å². The summed E-state index contributed by atoms with van der Waals surface area (Å²) >= 11 is 5.61. The van der Waals surface area contributed by atoms with E-state index < -0.39 is 27.9 Å². The molecule has 0 bridgehead atoms. The normalized spacial score (nSPS) is 24.0. The Kier molecular flexibility index (Phi) is 4.55. The van der Waals surface area contributed by atoms with E-state index in [1.165, 1.54) is 0 Å². The van der Waals surface area contributed by atoms with E-state index in [0.717, 1.165) is 22.5 Å². The first-order valence-electron chi connectivity index (χ1n) is 6.43. The van der Waals surface area contributed by atoms with Crippen LogP contribution in [0.25, 0.3) is 0 Å². The molecule has 1 saturated heterocycles. The van der Waals surface area contributed by atoms with Gasteiger partial charge >= 0.3 is 5.97 Å². The summed E-state index contributed by atoms with van der Waals surface area (Å²) in [5.74, 6) is -1.77. The average Bonchev–Trinajstić information content (AvgIpc) is 2.41. The molecule has 116 valence electrons. The summed E-state index contributed by atoms with van der Waals surface area (Å²) in [4.78, 5) is 11.1. The fourth-order valence-electron chi connectivity index (χ4n) is 2.40. The second kappa shape index (κ2) is 5.90. The number of hydrogen-bond acceptors (Lipinski definition) is 3. The van der Waals surface area contributed by atoms with Gasteiger partial charge in [0.2, 0.25) is 10.0 Å². The molecule has 0 spiro atoms. The Morgan fingerprint density at radius 1 is 1.48 bits per heavy atom. The molecule has 0 aliphatic carbocycles. The molecule has 0 aromatic heterocycles. The fraction of sp³-hybridized carbons (Fsp3) is 0.462. The van der Waals surface area contributed by atoms with Crippen molar-refractivity contribution in [1.29, 1.82) is 0 Å². The van der Waals surface area contributed by atoms with Crippen molar-refractivity contribution in [2.24, 2.45) is 5.92 Å². The molecule has 5 nitrogen and oxygen atoms in total. The van der Waals surface area contributed by atoms with Crippen LogP contribution >= 0.6 is 11.6 Å². The minimum Gasteiger partial charge on any atom is -0.480 e. The third-order valence-corrected chi connectivity index (χ3v) is 5.79. The van der Waals surface area contributed by atoms with Gasteiger partial charge in [-0.1, -0.05) is 18.5 Å². The lowest BCUT2D eigenvalue weighted by Crippen LogP contribution is -2.49. The van der Waals surface area contributed by atoms with Crippen molar-refractivity contribution >= 4 is 27.6 Å². The molecule has 1 heterocycles. The summed E-state index contributed by atoms with van der Waals surface area (Å²) in [5, 5.41) is 8.93. The van der Waals surface area contributed by atoms with Crippen molar-refractivity contribution < 1.29 is 22.7 Å². The Balaban J connectivity index is 2.41. The van der Waals surface area contributed by atoms with Crippen molar-refractivity contribution in [2.45, 2.75) is 30.7 Å². The summed E-state index contributed by atoms with van der Waals surface area (Å²) in [6.45, 7) is 2.00. The lowest BCUT2D eigenvalue weighted by atomic mass is 9.94. The van der Waals surface area contributed by atoms with Gasteiger partial charge in [-0.3, -0.25) is 4.79 Å². The maximum atomic E-state index is 13.2. The van der Waals surface area contributed by atoms with E-state index in [1.807, 2.05) is 6.92 Å². The minimum atomic E-state index is -4.02. The Labute approximate surface area is 127 Å². The van der Waals surface area contributed by atoms with Crippen molar-refractivity contribution in [3.63, 3.8) is 0 Å². The van der Waals surface area contributed by atoms with Crippen LogP contribution in [0.3, 0.4) is 0 Å². The number of carboxylic acid groups (broad SMARTS) is 1. The number of benzene rings is 1. The maximum absolute atomic E-state index is 13.2. The summed E-state index contributed by atoms with van der Waals surface area (Å²) in [6, 6.07) is 1.94. The zero-order valence-electron chi connectivity index (χ0n) is 11.3. The highest BCUT2D eigenvalue weighted by atomic mass is 35.5. The molecule has 1 fully saturated rings. The molecule has 8 heteroatoms. The molecular weight excluding hydrogens is 321 g/mol. The van der Waals surface area contributed by atoms with Gasteiger partial charge in [0, 0.05) is 6.54 Å². The number of nitrogens with zero attached hydrogens (tertiary/aromatic N) is 1. The second-order valence-corrected chi connectivity index (χ2v) is 7.47. The topological polar surface area (TPSA) is 74.7 Å². The van der Waals surface area contributed by atoms with Crippen LogP contribution < -0.4 is 0 Å². The van der Waals surface area contributed by atoms with E-state index in [1.54, 1.807) is 0 Å². The van der Waals surface area contributed by atoms with Gasteiger partial charge in [0.1, 0.15) is 11.9 Å². The molecule has 1 aromatic carbocycles. The Hall–Kier alpha value is -1.18. The van der Waals surface area contributed by atoms with Gasteiger partial charge in [-0.25, -0.2) is 12.8 Å². The average molecular weight is 336 g/mol. The number of rotatable bonds is 3. The quantitative estimate of drug-likeness (QED) is 0.920. The molecule has 1 aliphatic rings. The number of halogens is 2. The Morgan fingerprint density at radius 2 is 2.14 bits per heavy atom. The number of carboxylic acids is 1. The number of aliphatic carboxylic acids is 1. The van der Waals surface area contributed by atoms with Crippen LogP contribution in [0.4, 0.5) is 4.39 Å². The lowest BCUT2D eigenvalue weighted by molar-refractivity contribution is -0.143. The van der Waals surface area contributed by atoms with Crippen LogP contribution in [0.5, 0.6) is 0 Å². The number of piperidine rings is 1. The SMILES string of the molecule is CC1CCN(S(=O)(=O)c2ccc(F)c(Cl)c2)C(C(=O)O)C1. The summed E-state index contributed by atoms with van der Waals surface area (Å²) < 4.78 is 39.2. The van der Waals surface area contributed by atoms with Gasteiger partial charge in [-0.2, -0.15) is 4.31 Å². The third-order valence-electron chi connectivity index (χ3n) is 3.60. The van der Waals surface area contributed by atoms with Crippen molar-refractivity contribution in [3.05, 3.63) is 29.0 Å². The van der Waals surface area contributed by atoms with Crippen molar-refractivity contribution in [1.82, 2.24) is 4.31 Å². The molecule has 0 saturated carbocycles. The van der Waals surface area contributed by atoms with Gasteiger partial charge in [0.25, 0.3) is 0 Å². The summed E-state index contributed by atoms with van der Waals surface area (Å²) in [6.07, 6.45) is 0.835. The highest BCUT2D eigenvalue weighted by Gasteiger charge is 2.39. The van der Waals surface area contributed by atoms with E-state index >= 15 is 0 Å². The number of carbonyl (C=O) groups is 1. The second-order valence-electron chi connectivity index (χ2n) is 5.18. The first kappa shape index (κ1) is 16.2. The first-order chi connectivity index (χ1) is 9.73. The standard InChI is InChI=1S/C13H15ClFNO4S/c1-8-4-5-16(12(6-8)13(17)18)21(19,20)9-2-3-11(15)10(14)7-9/h2-3,7-8,12H,4-6H2,1H3,(H,17,18). The molecule has 0 amide bonds. The Bertz CT molecular complexity index is 664. The number of sulfonamides is 1. The third kappa shape index (κ3) is 3.20. The van der Waals surface area contributed by atoms with Gasteiger partial charge in [0.05, 0.1) is 9.92 Å². The predicted molar refractivity (Wildman–Crippen MR) is 75.1 cm³/mol. The van der Waals surface area contributed by atoms with E-state index in [0.29, 0.717) is 6.42 Å². The molecule has 21 heavy (non-hydrogen) atoms. The molecule has 1 aliphatic heterocycles. The van der Waals surface area contributed by atoms with E-state index in [2.05, 4.69) is 0 Å². The van der Waals surface area contributed by atoms with Crippen LogP contribution in [-0.4, -0.2) is 36.4 Å². The molecular formula is C13H15ClFNO4S. The van der Waals surface area contributed by atoms with Gasteiger partial charge < -0.3 is 5.11 Å². The fourth-order valence-corrected chi connectivity index (χ4v) is 4.28. The largest absolute Gasteiger partial charge is 0.480 e. The van der Waals surface area contributed by atoms with Gasteiger partial charge in [0.15, 0.2) is 0 Å². The van der Waals surface area contributed by atoms with Crippen LogP contribution in [0.1, 0.15) is 19.8 Å². The number of hydrogen-bond donors (Lipinski definition) is 1. The summed E-state index contributed by atoms with van der Waals surface area (Å²) in [5.41, 5.74) is 0. The van der Waals surface area contributed by atoms with Crippen molar-refractivity contribution in [3.8, 4) is 0 Å². The first-order valence-corrected chi connectivity index (χ1v) is 8.25. The maximum Gasteiger partial charge on any atom is 0.322 e. The highest BCUT2D eigenvalue weighted by Crippen LogP contribution is 2.30. The zero-order chi connectivity index (χ0) is 15.8. The van der Waals surface area contributed by atoms with Crippen LogP contribution in [-0.2, 0) is 14.8 Å². The minimum absolute atomic E-state index is 0.120. The predicted octanol–water partition coefficient (Wildman–Crippen LogP) is 2.35. The monoisotopic (exact) mass is 335 g/mol.